The van der Waals surface area contributed by atoms with Crippen LogP contribution in [-0.2, 0) is 0 Å². The van der Waals surface area contributed by atoms with Crippen molar-refractivity contribution in [2.45, 2.75) is 19.8 Å². The fourth-order valence-corrected chi connectivity index (χ4v) is 2.24. The van der Waals surface area contributed by atoms with Gasteiger partial charge in [0.1, 0.15) is 12.4 Å². The maximum absolute atomic E-state index is 5.95. The average molecular weight is 284 g/mol. The Bertz CT molecular complexity index is 564. The molecule has 3 heteroatoms. The van der Waals surface area contributed by atoms with Crippen LogP contribution in [0.5, 0.6) is 5.75 Å². The second-order valence-corrected chi connectivity index (χ2v) is 5.55. The number of nitrogens with two attached hydrogens (primary N) is 1. The van der Waals surface area contributed by atoms with E-state index in [9.17, 15) is 0 Å². The number of hydrogen-bond acceptors (Lipinski definition) is 3. The average Bonchev–Trinajstić information content (AvgIpc) is 2.48. The number of nitrogen functional groups attached to an aromatic ring is 1. The molecule has 2 N–H and O–H groups in total. The van der Waals surface area contributed by atoms with Crippen LogP contribution in [0.1, 0.15) is 25.3 Å². The summed E-state index contributed by atoms with van der Waals surface area (Å²) in [5.41, 5.74) is 8.89. The Morgan fingerprint density at radius 1 is 1.05 bits per heavy atom. The van der Waals surface area contributed by atoms with Gasteiger partial charge in [-0.25, -0.2) is 0 Å². The van der Waals surface area contributed by atoms with Gasteiger partial charge in [0.25, 0.3) is 0 Å². The molecular formula is C18H24N2O. The van der Waals surface area contributed by atoms with E-state index in [1.165, 1.54) is 5.56 Å². The van der Waals surface area contributed by atoms with Gasteiger partial charge in [-0.15, -0.1) is 0 Å². The Balaban J connectivity index is 1.91. The molecule has 2 aromatic carbocycles. The van der Waals surface area contributed by atoms with Crippen LogP contribution in [0.15, 0.2) is 48.5 Å². The first-order valence-corrected chi connectivity index (χ1v) is 7.36. The minimum Gasteiger partial charge on any atom is -0.491 e. The predicted molar refractivity (Wildman–Crippen MR) is 90.2 cm³/mol. The van der Waals surface area contributed by atoms with Crippen LogP contribution >= 0.6 is 0 Å². The summed E-state index contributed by atoms with van der Waals surface area (Å²) in [7, 11) is 2.06. The number of likely N-dealkylation sites (N-methyl/N-ethyl adjacent to an activating group) is 1. The van der Waals surface area contributed by atoms with Gasteiger partial charge < -0.3 is 15.4 Å². The van der Waals surface area contributed by atoms with E-state index in [1.807, 2.05) is 36.4 Å². The highest BCUT2D eigenvalue weighted by atomic mass is 16.5. The molecule has 0 spiro atoms. The molecule has 0 saturated heterocycles. The molecule has 21 heavy (non-hydrogen) atoms. The smallest absolute Gasteiger partial charge is 0.122 e. The van der Waals surface area contributed by atoms with Gasteiger partial charge in [-0.2, -0.15) is 0 Å². The van der Waals surface area contributed by atoms with Crippen molar-refractivity contribution in [1.29, 1.82) is 0 Å². The topological polar surface area (TPSA) is 38.5 Å². The molecule has 0 radical (unpaired) electrons. The largest absolute Gasteiger partial charge is 0.491 e. The van der Waals surface area contributed by atoms with Crippen molar-refractivity contribution >= 4 is 11.4 Å². The van der Waals surface area contributed by atoms with Crippen LogP contribution in [-0.4, -0.2) is 20.2 Å². The van der Waals surface area contributed by atoms with E-state index in [1.54, 1.807) is 0 Å². The summed E-state index contributed by atoms with van der Waals surface area (Å²) >= 11 is 0. The second-order valence-electron chi connectivity index (χ2n) is 5.55. The first-order valence-electron chi connectivity index (χ1n) is 7.36. The van der Waals surface area contributed by atoms with Gasteiger partial charge in [0.15, 0.2) is 0 Å². The van der Waals surface area contributed by atoms with Crippen molar-refractivity contribution < 1.29 is 4.74 Å². The lowest BCUT2D eigenvalue weighted by Gasteiger charge is -2.20. The number of para-hydroxylation sites is 1. The van der Waals surface area contributed by atoms with Crippen LogP contribution in [0.4, 0.5) is 11.4 Å². The first-order chi connectivity index (χ1) is 10.1. The van der Waals surface area contributed by atoms with Crippen LogP contribution in [0.25, 0.3) is 0 Å². The van der Waals surface area contributed by atoms with Crippen molar-refractivity contribution in [1.82, 2.24) is 0 Å². The van der Waals surface area contributed by atoms with Crippen LogP contribution in [0.3, 0.4) is 0 Å². The summed E-state index contributed by atoms with van der Waals surface area (Å²) in [5.74, 6) is 1.45. The lowest BCUT2D eigenvalue weighted by Crippen LogP contribution is -2.23. The molecule has 112 valence electrons. The summed E-state index contributed by atoms with van der Waals surface area (Å²) in [6.45, 7) is 5.85. The van der Waals surface area contributed by atoms with E-state index < -0.39 is 0 Å². The van der Waals surface area contributed by atoms with Crippen molar-refractivity contribution in [3.05, 3.63) is 54.1 Å². The van der Waals surface area contributed by atoms with Gasteiger partial charge in [0.2, 0.25) is 0 Å². The molecule has 0 unspecified atom stereocenters. The van der Waals surface area contributed by atoms with Gasteiger partial charge in [-0.05, 0) is 41.8 Å². The molecule has 0 aliphatic rings. The number of anilines is 2. The summed E-state index contributed by atoms with van der Waals surface area (Å²) < 4.78 is 5.95. The number of benzene rings is 2. The maximum Gasteiger partial charge on any atom is 0.122 e. The second kappa shape index (κ2) is 7.02. The minimum absolute atomic E-state index is 0.469. The number of hydrogen-bond donors (Lipinski definition) is 1. The van der Waals surface area contributed by atoms with Gasteiger partial charge in [0, 0.05) is 18.4 Å². The summed E-state index contributed by atoms with van der Waals surface area (Å²) in [5, 5.41) is 0. The third kappa shape index (κ3) is 4.15. The molecule has 0 heterocycles. The van der Waals surface area contributed by atoms with E-state index >= 15 is 0 Å². The van der Waals surface area contributed by atoms with Crippen LogP contribution < -0.4 is 15.4 Å². The monoisotopic (exact) mass is 284 g/mol. The Hall–Kier alpha value is -2.16. The predicted octanol–water partition coefficient (Wildman–Crippen LogP) is 3.91. The number of ether oxygens (including phenoxy) is 1. The molecule has 0 amide bonds. The lowest BCUT2D eigenvalue weighted by molar-refractivity contribution is 0.321. The molecule has 0 aromatic heterocycles. The van der Waals surface area contributed by atoms with Gasteiger partial charge in [0.05, 0.1) is 6.54 Å². The van der Waals surface area contributed by atoms with Gasteiger partial charge in [-0.3, -0.25) is 0 Å². The zero-order valence-electron chi connectivity index (χ0n) is 13.0. The van der Waals surface area contributed by atoms with Crippen molar-refractivity contribution in [2.75, 3.05) is 30.8 Å². The molecule has 0 bridgehead atoms. The molecule has 0 atom stereocenters. The van der Waals surface area contributed by atoms with Gasteiger partial charge >= 0.3 is 0 Å². The Labute approximate surface area is 127 Å². The highest BCUT2D eigenvalue weighted by molar-refractivity contribution is 5.52. The normalized spacial score (nSPS) is 10.7. The molecule has 0 saturated carbocycles. The van der Waals surface area contributed by atoms with E-state index in [0.717, 1.165) is 23.7 Å². The third-order valence-electron chi connectivity index (χ3n) is 3.56. The molecular weight excluding hydrogens is 260 g/mol. The van der Waals surface area contributed by atoms with Crippen LogP contribution in [0, 0.1) is 0 Å². The number of rotatable bonds is 6. The number of nitrogens with zero attached hydrogens (tertiary/aromatic N) is 1. The first kappa shape index (κ1) is 15.2. The Kier molecular flexibility index (Phi) is 5.09. The quantitative estimate of drug-likeness (QED) is 0.817. The van der Waals surface area contributed by atoms with Crippen LogP contribution in [0.2, 0.25) is 0 Å². The lowest BCUT2D eigenvalue weighted by atomic mass is 10.0. The SMILES string of the molecule is CC(C)c1ccccc1OCCN(C)c1ccc(N)cc1. The van der Waals surface area contributed by atoms with E-state index in [2.05, 4.69) is 37.9 Å². The molecule has 2 aromatic rings. The zero-order valence-corrected chi connectivity index (χ0v) is 13.0. The summed E-state index contributed by atoms with van der Waals surface area (Å²) in [4.78, 5) is 2.16. The van der Waals surface area contributed by atoms with E-state index in [4.69, 9.17) is 10.5 Å². The third-order valence-corrected chi connectivity index (χ3v) is 3.56. The summed E-state index contributed by atoms with van der Waals surface area (Å²) in [6, 6.07) is 16.1. The highest BCUT2D eigenvalue weighted by Gasteiger charge is 2.07. The summed E-state index contributed by atoms with van der Waals surface area (Å²) in [6.07, 6.45) is 0. The molecule has 0 fully saturated rings. The van der Waals surface area contributed by atoms with Crippen molar-refractivity contribution in [3.63, 3.8) is 0 Å². The van der Waals surface area contributed by atoms with Crippen molar-refractivity contribution in [2.24, 2.45) is 0 Å². The fourth-order valence-electron chi connectivity index (χ4n) is 2.24. The highest BCUT2D eigenvalue weighted by Crippen LogP contribution is 2.25. The molecule has 0 aliphatic carbocycles. The Morgan fingerprint density at radius 2 is 1.71 bits per heavy atom. The fraction of sp³-hybridized carbons (Fsp3) is 0.333. The molecule has 2 rings (SSSR count). The zero-order chi connectivity index (χ0) is 15.2. The van der Waals surface area contributed by atoms with E-state index in [-0.39, 0.29) is 0 Å². The molecule has 3 nitrogen and oxygen atoms in total. The maximum atomic E-state index is 5.95. The van der Waals surface area contributed by atoms with Crippen molar-refractivity contribution in [3.8, 4) is 5.75 Å². The minimum atomic E-state index is 0.469. The Morgan fingerprint density at radius 3 is 2.38 bits per heavy atom. The molecule has 0 aliphatic heterocycles. The standard InChI is InChI=1S/C18H24N2O/c1-14(2)17-6-4-5-7-18(17)21-13-12-20(3)16-10-8-15(19)9-11-16/h4-11,14H,12-13,19H2,1-3H3. The van der Waals surface area contributed by atoms with Gasteiger partial charge in [-0.1, -0.05) is 32.0 Å². The van der Waals surface area contributed by atoms with E-state index in [0.29, 0.717) is 12.5 Å².